The van der Waals surface area contributed by atoms with Crippen LogP contribution in [-0.4, -0.2) is 55.6 Å². The normalized spacial score (nSPS) is 15.1. The van der Waals surface area contributed by atoms with Crippen LogP contribution in [0.15, 0.2) is 60.3 Å². The fraction of sp³-hybridized carbons (Fsp3) is 0.407. The molecule has 37 heavy (non-hydrogen) atoms. The molecule has 10 nitrogen and oxygen atoms in total. The van der Waals surface area contributed by atoms with E-state index < -0.39 is 35.9 Å². The van der Waals surface area contributed by atoms with Gasteiger partial charge in [-0.25, -0.2) is 4.79 Å². The summed E-state index contributed by atoms with van der Waals surface area (Å²) >= 11 is 0. The Hall–Kier alpha value is -4.08. The van der Waals surface area contributed by atoms with Gasteiger partial charge < -0.3 is 31.7 Å². The van der Waals surface area contributed by atoms with Crippen molar-refractivity contribution in [1.29, 1.82) is 0 Å². The quantitative estimate of drug-likeness (QED) is 0.288. The molecule has 0 aromatic heterocycles. The number of benzene rings is 1. The molecule has 3 atom stereocenters. The van der Waals surface area contributed by atoms with E-state index in [1.165, 1.54) is 19.4 Å². The van der Waals surface area contributed by atoms with E-state index in [-0.39, 0.29) is 31.3 Å². The summed E-state index contributed by atoms with van der Waals surface area (Å²) in [6, 6.07) is 8.36. The van der Waals surface area contributed by atoms with Crippen molar-refractivity contribution in [2.75, 3.05) is 19.7 Å². The minimum Gasteiger partial charge on any atom is -0.449 e. The van der Waals surface area contributed by atoms with E-state index in [1.807, 2.05) is 25.1 Å². The van der Waals surface area contributed by atoms with Gasteiger partial charge in [-0.3, -0.25) is 14.4 Å². The summed E-state index contributed by atoms with van der Waals surface area (Å²) < 4.78 is 5.33. The van der Waals surface area contributed by atoms with E-state index in [0.29, 0.717) is 0 Å². The highest BCUT2D eigenvalue weighted by Gasteiger charge is 2.22. The first-order valence-corrected chi connectivity index (χ1v) is 12.2. The summed E-state index contributed by atoms with van der Waals surface area (Å²) in [4.78, 5) is 48.5. The Kier molecular flexibility index (Phi) is 11.4. The molecule has 4 amide bonds. The van der Waals surface area contributed by atoms with Crippen molar-refractivity contribution >= 4 is 29.4 Å². The van der Waals surface area contributed by atoms with Crippen LogP contribution in [0.25, 0.3) is 5.57 Å². The van der Waals surface area contributed by atoms with Crippen LogP contribution < -0.4 is 27.0 Å². The lowest BCUT2D eigenvalue weighted by molar-refractivity contribution is -0.131. The lowest BCUT2D eigenvalue weighted by atomic mass is 9.86. The largest absolute Gasteiger partial charge is 0.449 e. The first-order valence-electron chi connectivity index (χ1n) is 12.2. The molecule has 0 radical (unpaired) electrons. The van der Waals surface area contributed by atoms with Gasteiger partial charge in [-0.1, -0.05) is 56.0 Å². The van der Waals surface area contributed by atoms with Crippen molar-refractivity contribution in [2.24, 2.45) is 11.7 Å². The Morgan fingerprint density at radius 1 is 0.973 bits per heavy atom. The maximum atomic E-state index is 12.3. The zero-order valence-corrected chi connectivity index (χ0v) is 21.6. The summed E-state index contributed by atoms with van der Waals surface area (Å²) in [5.74, 6) is -1.60. The average molecular weight is 512 g/mol. The molecule has 0 spiro atoms. The minimum absolute atomic E-state index is 0.0304. The second kappa shape index (κ2) is 14.5. The Labute approximate surface area is 217 Å². The van der Waals surface area contributed by atoms with E-state index >= 15 is 0 Å². The predicted molar refractivity (Wildman–Crippen MR) is 142 cm³/mol. The molecule has 2 rings (SSSR count). The number of hydrogen-bond acceptors (Lipinski definition) is 6. The number of nitrogens with one attached hydrogen (secondary N) is 4. The summed E-state index contributed by atoms with van der Waals surface area (Å²) in [5, 5.41) is 9.87. The van der Waals surface area contributed by atoms with Crippen molar-refractivity contribution < 1.29 is 23.9 Å². The summed E-state index contributed by atoms with van der Waals surface area (Å²) in [7, 11) is 0. The van der Waals surface area contributed by atoms with Gasteiger partial charge >= 0.3 is 6.09 Å². The predicted octanol–water partition coefficient (Wildman–Crippen LogP) is 1.75. The monoisotopic (exact) mass is 511 g/mol. The van der Waals surface area contributed by atoms with E-state index in [1.54, 1.807) is 0 Å². The number of hydrogen-bond donors (Lipinski definition) is 5. The second-order valence-corrected chi connectivity index (χ2v) is 8.99. The molecule has 1 aromatic carbocycles. The van der Waals surface area contributed by atoms with E-state index in [2.05, 4.69) is 52.1 Å². The Balaban J connectivity index is 1.76. The molecule has 0 heterocycles. The number of alkyl carbamates (subject to hydrolysis) is 1. The summed E-state index contributed by atoms with van der Waals surface area (Å²) in [6.07, 6.45) is 5.35. The third kappa shape index (κ3) is 9.83. The van der Waals surface area contributed by atoms with Crippen LogP contribution in [-0.2, 0) is 19.1 Å². The van der Waals surface area contributed by atoms with Gasteiger partial charge in [0.2, 0.25) is 17.7 Å². The molecule has 0 aliphatic heterocycles. The third-order valence-electron chi connectivity index (χ3n) is 5.73. The standard InChI is InChI=1S/C27H37N5O5/c1-17(22-12-8-9-13-23(22)21-10-6-5-7-11-21)16-37-27(36)30-15-24(33)31-20(4)26(35)32-19(3)25(34)29-14-18(2)28/h5-8,10-12,17,19-20H,2,9,13-16,28H2,1,3-4H3,(H,29,34)(H,30,36)(H,31,33)(H,32,35)/t17?,19-,20?/m0/s1. The smallest absolute Gasteiger partial charge is 0.407 e. The van der Waals surface area contributed by atoms with Crippen LogP contribution in [0.2, 0.25) is 0 Å². The Bertz CT molecular complexity index is 1050. The first kappa shape index (κ1) is 29.2. The number of amides is 4. The molecule has 200 valence electrons. The highest BCUT2D eigenvalue weighted by atomic mass is 16.5. The van der Waals surface area contributed by atoms with Gasteiger partial charge in [-0.05, 0) is 43.4 Å². The van der Waals surface area contributed by atoms with E-state index in [0.717, 1.165) is 24.0 Å². The SMILES string of the molecule is C=C(N)CNC(=O)[C@H](C)NC(=O)C(C)NC(=O)CNC(=O)OCC(C)C1=C(c2ccccc2)CCC=C1. The van der Waals surface area contributed by atoms with Crippen molar-refractivity contribution in [2.45, 2.75) is 45.7 Å². The Morgan fingerprint density at radius 3 is 2.32 bits per heavy atom. The van der Waals surface area contributed by atoms with Gasteiger partial charge in [0.05, 0.1) is 13.2 Å². The zero-order valence-electron chi connectivity index (χ0n) is 21.6. The fourth-order valence-corrected chi connectivity index (χ4v) is 3.70. The van der Waals surface area contributed by atoms with Gasteiger partial charge in [0.15, 0.2) is 0 Å². The Morgan fingerprint density at radius 2 is 1.65 bits per heavy atom. The number of allylic oxidation sites excluding steroid dienone is 3. The maximum Gasteiger partial charge on any atom is 0.407 e. The summed E-state index contributed by atoms with van der Waals surface area (Å²) in [5.41, 5.74) is 9.21. The summed E-state index contributed by atoms with van der Waals surface area (Å²) in [6.45, 7) is 8.32. The molecule has 1 aromatic rings. The molecule has 1 aliphatic carbocycles. The third-order valence-corrected chi connectivity index (χ3v) is 5.73. The van der Waals surface area contributed by atoms with Gasteiger partial charge in [0.1, 0.15) is 18.6 Å². The van der Waals surface area contributed by atoms with E-state index in [9.17, 15) is 19.2 Å². The van der Waals surface area contributed by atoms with Gasteiger partial charge in [-0.2, -0.15) is 0 Å². The molecular weight excluding hydrogens is 474 g/mol. The molecule has 1 aliphatic rings. The number of rotatable bonds is 12. The molecule has 10 heteroatoms. The number of ether oxygens (including phenoxy) is 1. The van der Waals surface area contributed by atoms with Crippen molar-refractivity contribution in [3.63, 3.8) is 0 Å². The number of nitrogens with two attached hydrogens (primary N) is 1. The van der Waals surface area contributed by atoms with Crippen LogP contribution in [0.3, 0.4) is 0 Å². The van der Waals surface area contributed by atoms with Crippen molar-refractivity contribution in [1.82, 2.24) is 21.3 Å². The zero-order chi connectivity index (χ0) is 27.4. The van der Waals surface area contributed by atoms with Gasteiger partial charge in [0.25, 0.3) is 0 Å². The highest BCUT2D eigenvalue weighted by molar-refractivity contribution is 5.92. The van der Waals surface area contributed by atoms with Crippen LogP contribution in [0.5, 0.6) is 0 Å². The topological polar surface area (TPSA) is 152 Å². The lowest BCUT2D eigenvalue weighted by Crippen LogP contribution is -2.53. The van der Waals surface area contributed by atoms with Crippen LogP contribution in [0.4, 0.5) is 4.79 Å². The van der Waals surface area contributed by atoms with Gasteiger partial charge in [0, 0.05) is 11.6 Å². The number of carbonyl (C=O) groups excluding carboxylic acids is 4. The van der Waals surface area contributed by atoms with Crippen LogP contribution >= 0.6 is 0 Å². The first-order chi connectivity index (χ1) is 17.6. The lowest BCUT2D eigenvalue weighted by Gasteiger charge is -2.22. The molecule has 0 bridgehead atoms. The van der Waals surface area contributed by atoms with Crippen molar-refractivity contribution in [3.05, 3.63) is 65.9 Å². The van der Waals surface area contributed by atoms with Gasteiger partial charge in [-0.15, -0.1) is 0 Å². The molecule has 6 N–H and O–H groups in total. The molecule has 0 saturated carbocycles. The van der Waals surface area contributed by atoms with Crippen LogP contribution in [0.1, 0.15) is 39.2 Å². The number of carbonyl (C=O) groups is 4. The molecule has 2 unspecified atom stereocenters. The molecular formula is C27H37N5O5. The van der Waals surface area contributed by atoms with Crippen LogP contribution in [0, 0.1) is 5.92 Å². The van der Waals surface area contributed by atoms with Crippen molar-refractivity contribution in [3.8, 4) is 0 Å². The highest BCUT2D eigenvalue weighted by Crippen LogP contribution is 2.32. The maximum absolute atomic E-state index is 12.3. The average Bonchev–Trinajstić information content (AvgIpc) is 2.89. The molecule has 0 fully saturated rings. The fourth-order valence-electron chi connectivity index (χ4n) is 3.70. The molecule has 0 saturated heterocycles. The second-order valence-electron chi connectivity index (χ2n) is 8.99. The minimum atomic E-state index is -0.925. The van der Waals surface area contributed by atoms with E-state index in [4.69, 9.17) is 10.5 Å².